The first-order valence-electron chi connectivity index (χ1n) is 18.3. The fourth-order valence-electron chi connectivity index (χ4n) is 8.18. The number of aromatic nitrogens is 2. The van der Waals surface area contributed by atoms with Crippen LogP contribution < -0.4 is 20.0 Å². The second-order valence-corrected chi connectivity index (χ2v) is 16.4. The van der Waals surface area contributed by atoms with E-state index in [1.807, 2.05) is 13.1 Å². The normalized spacial score (nSPS) is 22.5. The van der Waals surface area contributed by atoms with E-state index in [0.717, 1.165) is 68.5 Å². The molecule has 2 aromatic heterocycles. The smallest absolute Gasteiger partial charge is 0.228 e. The van der Waals surface area contributed by atoms with Gasteiger partial charge in [0.2, 0.25) is 11.8 Å². The predicted molar refractivity (Wildman–Crippen MR) is 194 cm³/mol. The molecule has 8 rings (SSSR count). The van der Waals surface area contributed by atoms with Crippen molar-refractivity contribution >= 4 is 45.6 Å². The van der Waals surface area contributed by atoms with E-state index in [0.29, 0.717) is 74.8 Å². The lowest BCUT2D eigenvalue weighted by atomic mass is 9.78. The Bertz CT molecular complexity index is 1820. The third-order valence-electron chi connectivity index (χ3n) is 11.3. The second-order valence-electron chi connectivity index (χ2n) is 16.4. The second kappa shape index (κ2) is 13.6. The fourth-order valence-corrected chi connectivity index (χ4v) is 8.18. The number of amides is 2. The Labute approximate surface area is 298 Å². The molecule has 5 aliphatic rings. The van der Waals surface area contributed by atoms with Crippen LogP contribution in [-0.2, 0) is 24.5 Å². The minimum atomic E-state index is -0.697. The number of hydrogen-bond donors (Lipinski definition) is 1. The van der Waals surface area contributed by atoms with Crippen molar-refractivity contribution in [1.29, 1.82) is 0 Å². The number of nitrogens with zero attached hydrogens (tertiary/aromatic N) is 5. The molecule has 0 unspecified atom stereocenters. The summed E-state index contributed by atoms with van der Waals surface area (Å²) < 4.78 is 41.8. The van der Waals surface area contributed by atoms with Gasteiger partial charge in [-0.15, -0.1) is 0 Å². The number of piperidine rings is 2. The number of nitrogens with one attached hydrogen (secondary N) is 1. The molecule has 3 aromatic rings. The molecule has 274 valence electrons. The molecule has 0 aliphatic carbocycles. The summed E-state index contributed by atoms with van der Waals surface area (Å²) in [6.07, 6.45) is 6.45. The lowest BCUT2D eigenvalue weighted by Gasteiger charge is -2.39. The summed E-state index contributed by atoms with van der Waals surface area (Å²) in [5.74, 6) is -0.718. The molecule has 12 heteroatoms. The van der Waals surface area contributed by atoms with Gasteiger partial charge in [0, 0.05) is 81.9 Å². The van der Waals surface area contributed by atoms with Crippen LogP contribution in [0.5, 0.6) is 0 Å². The molecule has 5 aliphatic heterocycles. The molecule has 4 fully saturated rings. The van der Waals surface area contributed by atoms with Crippen LogP contribution in [0.3, 0.4) is 0 Å². The number of benzene rings is 1. The lowest BCUT2D eigenvalue weighted by Crippen LogP contribution is -2.45. The van der Waals surface area contributed by atoms with Gasteiger partial charge >= 0.3 is 0 Å². The maximum atomic E-state index is 15.8. The largest absolute Gasteiger partial charge is 0.381 e. The molecular formula is C39H50F2N6O4. The maximum absolute atomic E-state index is 15.8. The van der Waals surface area contributed by atoms with Crippen molar-refractivity contribution < 1.29 is 27.8 Å². The van der Waals surface area contributed by atoms with Crippen LogP contribution in [-0.4, -0.2) is 80.9 Å². The van der Waals surface area contributed by atoms with Crippen molar-refractivity contribution in [3.8, 4) is 0 Å². The quantitative estimate of drug-likeness (QED) is 0.338. The highest BCUT2D eigenvalue weighted by Crippen LogP contribution is 2.52. The number of pyridine rings is 2. The van der Waals surface area contributed by atoms with Gasteiger partial charge in [0.15, 0.2) is 0 Å². The molecule has 0 bridgehead atoms. The van der Waals surface area contributed by atoms with E-state index < -0.39 is 11.6 Å². The van der Waals surface area contributed by atoms with Gasteiger partial charge in [-0.25, -0.2) is 13.8 Å². The monoisotopic (exact) mass is 704 g/mol. The number of anilines is 4. The fraction of sp³-hybridized carbons (Fsp3) is 0.590. The van der Waals surface area contributed by atoms with Gasteiger partial charge in [-0.05, 0) is 49.5 Å². The van der Waals surface area contributed by atoms with Gasteiger partial charge in [0.05, 0.1) is 53.1 Å². The predicted octanol–water partition coefficient (Wildman–Crippen LogP) is 6.33. The number of carbonyl (C=O) groups excluding carboxylic acids is 2. The van der Waals surface area contributed by atoms with Gasteiger partial charge < -0.3 is 24.6 Å². The lowest BCUT2D eigenvalue weighted by molar-refractivity contribution is -0.124. The van der Waals surface area contributed by atoms with Crippen LogP contribution in [0.25, 0.3) is 10.9 Å². The molecule has 0 radical (unpaired) electrons. The molecule has 7 heterocycles. The first-order valence-corrected chi connectivity index (χ1v) is 18.3. The maximum Gasteiger partial charge on any atom is 0.228 e. The third-order valence-corrected chi connectivity index (χ3v) is 11.3. The Balaban J connectivity index is 0.000000395. The van der Waals surface area contributed by atoms with Crippen molar-refractivity contribution in [2.75, 3.05) is 73.9 Å². The summed E-state index contributed by atoms with van der Waals surface area (Å²) in [6, 6.07) is 4.35. The summed E-state index contributed by atoms with van der Waals surface area (Å²) in [5, 5.41) is 3.09. The molecule has 51 heavy (non-hydrogen) atoms. The van der Waals surface area contributed by atoms with Crippen molar-refractivity contribution in [1.82, 2.24) is 15.3 Å². The molecule has 10 nitrogen and oxygen atoms in total. The number of rotatable bonds is 3. The molecular weight excluding hydrogens is 654 g/mol. The zero-order valence-corrected chi connectivity index (χ0v) is 30.5. The third kappa shape index (κ3) is 7.01. The van der Waals surface area contributed by atoms with Crippen LogP contribution in [0.2, 0.25) is 0 Å². The number of ether oxygens (including phenoxy) is 2. The van der Waals surface area contributed by atoms with Gasteiger partial charge in [-0.2, -0.15) is 0 Å². The molecule has 0 saturated carbocycles. The van der Waals surface area contributed by atoms with Crippen LogP contribution in [0.4, 0.5) is 31.7 Å². The molecule has 4 saturated heterocycles. The average molecular weight is 705 g/mol. The van der Waals surface area contributed by atoms with Gasteiger partial charge in [0.25, 0.3) is 0 Å². The Kier molecular flexibility index (Phi) is 9.45. The number of hydrogen-bond acceptors (Lipinski definition) is 8. The summed E-state index contributed by atoms with van der Waals surface area (Å²) in [5.41, 5.74) is 4.36. The van der Waals surface area contributed by atoms with Crippen molar-refractivity contribution in [3.63, 3.8) is 0 Å². The van der Waals surface area contributed by atoms with Gasteiger partial charge in [-0.1, -0.05) is 27.7 Å². The first-order chi connectivity index (χ1) is 24.3. The molecule has 1 spiro atoms. The van der Waals surface area contributed by atoms with Crippen molar-refractivity contribution in [3.05, 3.63) is 47.3 Å². The van der Waals surface area contributed by atoms with E-state index in [1.165, 1.54) is 6.07 Å². The Hall–Kier alpha value is -3.90. The number of morpholine rings is 1. The minimum Gasteiger partial charge on any atom is -0.381 e. The zero-order chi connectivity index (χ0) is 36.1. The van der Waals surface area contributed by atoms with E-state index in [9.17, 15) is 14.0 Å². The van der Waals surface area contributed by atoms with E-state index in [4.69, 9.17) is 19.4 Å². The highest BCUT2D eigenvalue weighted by atomic mass is 19.1. The van der Waals surface area contributed by atoms with Gasteiger partial charge in [-0.3, -0.25) is 19.5 Å². The average Bonchev–Trinajstić information content (AvgIpc) is 3.40. The summed E-state index contributed by atoms with van der Waals surface area (Å²) in [6.45, 7) is 16.5. The first kappa shape index (κ1) is 35.5. The number of fused-ring (bicyclic) bond motifs is 3. The SMILES string of the molecule is CC1(C)CCC(=O)NC1.Cc1c(N2CC(C)(C)CCC2=O)nc2cc(F)cc(F)c2c1N1CC2(CCOCC2)c2ncc(N3CCOCC3)cc21. The minimum absolute atomic E-state index is 0.0221. The molecule has 1 N–H and O–H groups in total. The van der Waals surface area contributed by atoms with Gasteiger partial charge in [0.1, 0.15) is 17.5 Å². The van der Waals surface area contributed by atoms with E-state index in [1.54, 1.807) is 4.90 Å². The summed E-state index contributed by atoms with van der Waals surface area (Å²) in [4.78, 5) is 39.9. The number of halogens is 2. The highest BCUT2D eigenvalue weighted by Gasteiger charge is 2.47. The Morgan fingerprint density at radius 1 is 0.843 bits per heavy atom. The Morgan fingerprint density at radius 3 is 2.24 bits per heavy atom. The van der Waals surface area contributed by atoms with Crippen molar-refractivity contribution in [2.24, 2.45) is 10.8 Å². The summed E-state index contributed by atoms with van der Waals surface area (Å²) >= 11 is 0. The van der Waals surface area contributed by atoms with E-state index in [2.05, 4.69) is 48.9 Å². The number of carbonyl (C=O) groups is 2. The van der Waals surface area contributed by atoms with Crippen LogP contribution in [0.15, 0.2) is 24.4 Å². The summed E-state index contributed by atoms with van der Waals surface area (Å²) in [7, 11) is 0. The topological polar surface area (TPSA) is 100 Å². The molecule has 1 aromatic carbocycles. The van der Waals surface area contributed by atoms with E-state index in [-0.39, 0.29) is 33.5 Å². The highest BCUT2D eigenvalue weighted by molar-refractivity contribution is 6.03. The zero-order valence-electron chi connectivity index (χ0n) is 30.5. The van der Waals surface area contributed by atoms with Crippen molar-refractivity contribution in [2.45, 2.75) is 78.6 Å². The Morgan fingerprint density at radius 2 is 1.55 bits per heavy atom. The molecule has 2 amide bonds. The van der Waals surface area contributed by atoms with Crippen LogP contribution in [0.1, 0.15) is 77.5 Å². The standard InChI is InChI=1S/C32H37F2N5O3.C7H13NO/c1-20-28(27-23(34)14-21(33)15-24(27)36-30(20)39-18-31(2,3)5-4-26(39)40)38-19-32(6-10-41-11-7-32)29-25(38)16-22(17-35-29)37-8-12-42-13-9-37;1-7(2)4-3-6(9)8-5-7/h14-17H,4-13,18-19H2,1-3H3;3-5H2,1-2H3,(H,8,9). The molecule has 0 atom stereocenters. The van der Waals surface area contributed by atoms with Crippen LogP contribution in [0, 0.1) is 29.4 Å². The van der Waals surface area contributed by atoms with E-state index >= 15 is 4.39 Å². The van der Waals surface area contributed by atoms with Crippen LogP contribution >= 0.6 is 0 Å².